The molecule has 1 aromatic carbocycles. The summed E-state index contributed by atoms with van der Waals surface area (Å²) >= 11 is 14.8. The largest absolute Gasteiger partial charge is 0.436 e. The maximum atomic E-state index is 13.0. The van der Waals surface area contributed by atoms with Gasteiger partial charge in [0, 0.05) is 0 Å². The van der Waals surface area contributed by atoms with Crippen molar-refractivity contribution in [2.75, 3.05) is 5.32 Å². The van der Waals surface area contributed by atoms with Gasteiger partial charge in [0.2, 0.25) is 5.95 Å². The van der Waals surface area contributed by atoms with Gasteiger partial charge in [-0.15, -0.1) is 5.10 Å². The number of rotatable bonds is 5. The van der Waals surface area contributed by atoms with Gasteiger partial charge >= 0.3 is 6.18 Å². The van der Waals surface area contributed by atoms with E-state index in [1.165, 1.54) is 24.9 Å². The van der Waals surface area contributed by atoms with Crippen LogP contribution in [0.1, 0.15) is 29.9 Å². The van der Waals surface area contributed by atoms with E-state index in [9.17, 15) is 18.0 Å². The third-order valence-electron chi connectivity index (χ3n) is 4.19. The first-order valence-electron chi connectivity index (χ1n) is 8.43. The van der Waals surface area contributed by atoms with Gasteiger partial charge in [-0.1, -0.05) is 29.3 Å². The van der Waals surface area contributed by atoms with Crippen LogP contribution in [0.4, 0.5) is 19.1 Å². The number of nitrogens with one attached hydrogen (secondary N) is 1. The fourth-order valence-corrected chi connectivity index (χ4v) is 3.44. The maximum Gasteiger partial charge on any atom is 0.436 e. The summed E-state index contributed by atoms with van der Waals surface area (Å²) in [4.78, 5) is 16.5. The van der Waals surface area contributed by atoms with Gasteiger partial charge in [0.1, 0.15) is 12.4 Å². The zero-order valence-corrected chi connectivity index (χ0v) is 18.6. The molecule has 1 N–H and O–H groups in total. The molecule has 0 aliphatic carbocycles. The fourth-order valence-electron chi connectivity index (χ4n) is 2.64. The molecular weight excluding hydrogens is 512 g/mol. The van der Waals surface area contributed by atoms with Crippen LogP contribution >= 0.6 is 39.1 Å². The lowest BCUT2D eigenvalue weighted by Gasteiger charge is -2.13. The number of carbonyl (C=O) groups is 1. The Bertz CT molecular complexity index is 1100. The van der Waals surface area contributed by atoms with Crippen molar-refractivity contribution in [1.29, 1.82) is 0 Å². The van der Waals surface area contributed by atoms with Gasteiger partial charge in [0.05, 0.1) is 26.8 Å². The zero-order valence-electron chi connectivity index (χ0n) is 15.5. The Balaban J connectivity index is 1.71. The average Bonchev–Trinajstić information content (AvgIpc) is 3.22. The normalized spacial score (nSPS) is 12.8. The minimum Gasteiger partial charge on any atom is -0.291 e. The molecule has 0 fully saturated rings. The number of hydrogen-bond donors (Lipinski definition) is 1. The van der Waals surface area contributed by atoms with Crippen molar-refractivity contribution < 1.29 is 18.0 Å². The van der Waals surface area contributed by atoms with Crippen LogP contribution < -0.4 is 5.32 Å². The van der Waals surface area contributed by atoms with E-state index in [2.05, 4.69) is 36.4 Å². The Hall–Kier alpha value is -2.11. The van der Waals surface area contributed by atoms with E-state index < -0.39 is 23.8 Å². The number of aromatic nitrogens is 5. The van der Waals surface area contributed by atoms with E-state index in [4.69, 9.17) is 23.2 Å². The molecule has 30 heavy (non-hydrogen) atoms. The zero-order chi connectivity index (χ0) is 22.2. The molecule has 0 spiro atoms. The molecule has 0 saturated carbocycles. The molecule has 1 amide bonds. The molecule has 160 valence electrons. The minimum atomic E-state index is -4.64. The quantitative estimate of drug-likeness (QED) is 0.501. The second kappa shape index (κ2) is 8.56. The Morgan fingerprint density at radius 2 is 1.97 bits per heavy atom. The van der Waals surface area contributed by atoms with Crippen LogP contribution in [-0.2, 0) is 17.5 Å². The molecule has 3 rings (SSSR count). The van der Waals surface area contributed by atoms with Gasteiger partial charge in [-0.3, -0.25) is 14.8 Å². The second-order valence-electron chi connectivity index (χ2n) is 6.37. The number of benzene rings is 1. The lowest BCUT2D eigenvalue weighted by molar-refractivity contribution is -0.142. The predicted molar refractivity (Wildman–Crippen MR) is 109 cm³/mol. The molecule has 7 nitrogen and oxygen atoms in total. The van der Waals surface area contributed by atoms with E-state index >= 15 is 0 Å². The van der Waals surface area contributed by atoms with E-state index in [1.807, 2.05) is 0 Å². The summed E-state index contributed by atoms with van der Waals surface area (Å²) in [6.07, 6.45) is -3.24. The smallest absolute Gasteiger partial charge is 0.291 e. The second-order valence-corrected chi connectivity index (χ2v) is 7.98. The number of alkyl halides is 3. The molecule has 0 bridgehead atoms. The minimum absolute atomic E-state index is 0.00632. The molecule has 0 radical (unpaired) electrons. The molecule has 2 aromatic heterocycles. The molecule has 3 aromatic rings. The van der Waals surface area contributed by atoms with Crippen molar-refractivity contribution in [2.45, 2.75) is 32.6 Å². The number of hydrogen-bond acceptors (Lipinski definition) is 4. The van der Waals surface area contributed by atoms with Crippen LogP contribution in [-0.4, -0.2) is 30.5 Å². The maximum absolute atomic E-state index is 13.0. The van der Waals surface area contributed by atoms with Crippen molar-refractivity contribution in [3.8, 4) is 0 Å². The Morgan fingerprint density at radius 3 is 2.57 bits per heavy atom. The highest BCUT2D eigenvalue weighted by Crippen LogP contribution is 2.36. The third-order valence-corrected chi connectivity index (χ3v) is 5.88. The van der Waals surface area contributed by atoms with Crippen LogP contribution in [0, 0.1) is 6.92 Å². The molecule has 0 saturated heterocycles. The van der Waals surface area contributed by atoms with Gasteiger partial charge in [0.25, 0.3) is 5.91 Å². The third kappa shape index (κ3) is 4.79. The van der Waals surface area contributed by atoms with Crippen molar-refractivity contribution in [3.05, 3.63) is 56.0 Å². The standard InChI is InChI=1S/C17H14BrCl2F3N6O/c1-8-13(18)14(17(21,22)23)26-29(8)9(2)15(30)25-16-24-7-28(27-16)6-10-3-4-11(19)12(20)5-10/h3-5,7,9H,6H2,1-2H3,(H,25,27,30). The molecule has 1 atom stereocenters. The molecule has 0 aliphatic rings. The number of halogens is 6. The van der Waals surface area contributed by atoms with Crippen molar-refractivity contribution >= 4 is 51.0 Å². The first-order chi connectivity index (χ1) is 14.0. The van der Waals surface area contributed by atoms with Gasteiger partial charge in [-0.2, -0.15) is 18.3 Å². The van der Waals surface area contributed by atoms with E-state index in [0.717, 1.165) is 10.2 Å². The number of anilines is 1. The average molecular weight is 526 g/mol. The van der Waals surface area contributed by atoms with Crippen molar-refractivity contribution in [2.24, 2.45) is 0 Å². The number of carbonyl (C=O) groups excluding carboxylic acids is 1. The summed E-state index contributed by atoms with van der Waals surface area (Å²) in [7, 11) is 0. The summed E-state index contributed by atoms with van der Waals surface area (Å²) in [6.45, 7) is 3.18. The highest BCUT2D eigenvalue weighted by Gasteiger charge is 2.39. The van der Waals surface area contributed by atoms with Crippen LogP contribution in [0.15, 0.2) is 29.0 Å². The van der Waals surface area contributed by atoms with E-state index in [0.29, 0.717) is 16.6 Å². The number of nitrogens with zero attached hydrogens (tertiary/aromatic N) is 5. The van der Waals surface area contributed by atoms with Crippen LogP contribution in [0.2, 0.25) is 10.0 Å². The van der Waals surface area contributed by atoms with Gasteiger partial charge in [0.15, 0.2) is 5.69 Å². The summed E-state index contributed by atoms with van der Waals surface area (Å²) in [5, 5.41) is 11.0. The highest BCUT2D eigenvalue weighted by molar-refractivity contribution is 9.10. The summed E-state index contributed by atoms with van der Waals surface area (Å²) in [6, 6.07) is 4.08. The first kappa shape index (κ1) is 22.6. The molecule has 13 heteroatoms. The monoisotopic (exact) mass is 524 g/mol. The van der Waals surface area contributed by atoms with Gasteiger partial charge in [-0.25, -0.2) is 9.67 Å². The topological polar surface area (TPSA) is 77.6 Å². The Labute approximate surface area is 187 Å². The lowest BCUT2D eigenvalue weighted by Crippen LogP contribution is -2.26. The molecule has 0 aliphatic heterocycles. The number of amides is 1. The first-order valence-corrected chi connectivity index (χ1v) is 9.98. The van der Waals surface area contributed by atoms with Crippen LogP contribution in [0.5, 0.6) is 0 Å². The fraction of sp³-hybridized carbons (Fsp3) is 0.294. The van der Waals surface area contributed by atoms with Crippen LogP contribution in [0.3, 0.4) is 0 Å². The molecule has 2 heterocycles. The van der Waals surface area contributed by atoms with E-state index in [1.54, 1.807) is 18.2 Å². The molecular formula is C17H14BrCl2F3N6O. The van der Waals surface area contributed by atoms with Crippen molar-refractivity contribution in [1.82, 2.24) is 24.5 Å². The summed E-state index contributed by atoms with van der Waals surface area (Å²) in [5.74, 6) is -0.610. The predicted octanol–water partition coefficient (Wildman–Crippen LogP) is 5.12. The van der Waals surface area contributed by atoms with Gasteiger partial charge in [-0.05, 0) is 47.5 Å². The lowest BCUT2D eigenvalue weighted by atomic mass is 10.2. The highest BCUT2D eigenvalue weighted by atomic mass is 79.9. The van der Waals surface area contributed by atoms with E-state index in [-0.39, 0.29) is 16.1 Å². The van der Waals surface area contributed by atoms with Crippen molar-refractivity contribution in [3.63, 3.8) is 0 Å². The molecule has 1 unspecified atom stereocenters. The van der Waals surface area contributed by atoms with Crippen LogP contribution in [0.25, 0.3) is 0 Å². The summed E-state index contributed by atoms with van der Waals surface area (Å²) in [5.41, 5.74) is -0.107. The SMILES string of the molecule is Cc1c(Br)c(C(F)(F)F)nn1C(C)C(=O)Nc1ncn(Cc2ccc(Cl)c(Cl)c2)n1. The Morgan fingerprint density at radius 1 is 1.27 bits per heavy atom. The Kier molecular flexibility index (Phi) is 6.44. The summed E-state index contributed by atoms with van der Waals surface area (Å²) < 4.78 is 41.4. The van der Waals surface area contributed by atoms with Gasteiger partial charge < -0.3 is 0 Å².